The zero-order chi connectivity index (χ0) is 11.5. The minimum atomic E-state index is -0.701. The highest BCUT2D eigenvalue weighted by atomic mass is 32.2. The third kappa shape index (κ3) is 2.36. The van der Waals surface area contributed by atoms with Gasteiger partial charge in [0.05, 0.1) is 5.25 Å². The van der Waals surface area contributed by atoms with Gasteiger partial charge in [-0.2, -0.15) is 0 Å². The van der Waals surface area contributed by atoms with Crippen molar-refractivity contribution in [3.05, 3.63) is 35.9 Å². The topological polar surface area (TPSA) is 29.1 Å². The number of rotatable bonds is 2. The summed E-state index contributed by atoms with van der Waals surface area (Å²) < 4.78 is 12.1. The lowest BCUT2D eigenvalue weighted by Crippen LogP contribution is -2.48. The second-order valence-electron chi connectivity index (χ2n) is 4.45. The highest BCUT2D eigenvalue weighted by Crippen LogP contribution is 2.27. The largest absolute Gasteiger partial charge is 0.305 e. The van der Waals surface area contributed by atoms with E-state index in [1.807, 2.05) is 18.2 Å². The molecule has 1 aromatic rings. The van der Waals surface area contributed by atoms with Crippen LogP contribution in [0.25, 0.3) is 0 Å². The molecule has 1 saturated heterocycles. The third-order valence-electron chi connectivity index (χ3n) is 3.15. The summed E-state index contributed by atoms with van der Waals surface area (Å²) in [5, 5.41) is 3.82. The Morgan fingerprint density at radius 3 is 2.69 bits per heavy atom. The highest BCUT2D eigenvalue weighted by molar-refractivity contribution is 7.85. The molecule has 16 heavy (non-hydrogen) atoms. The molecule has 0 radical (unpaired) electrons. The summed E-state index contributed by atoms with van der Waals surface area (Å²) in [5.41, 5.74) is 1.26. The van der Waals surface area contributed by atoms with Crippen LogP contribution in [0, 0.1) is 0 Å². The summed E-state index contributed by atoms with van der Waals surface area (Å²) in [4.78, 5) is 0. The van der Waals surface area contributed by atoms with Gasteiger partial charge in [-0.15, -0.1) is 0 Å². The molecule has 1 heterocycles. The van der Waals surface area contributed by atoms with Crippen LogP contribution in [0.15, 0.2) is 30.3 Å². The van der Waals surface area contributed by atoms with Crippen LogP contribution in [0.4, 0.5) is 0 Å². The summed E-state index contributed by atoms with van der Waals surface area (Å²) in [5.74, 6) is 0.780. The standard InChI is InChI=1S/C13H19NOS/c1-3-12-13(11-7-5-4-6-8-11)14-10(2)9-16(12)15/h4-8,10,12-14H,3,9H2,1-2H3. The number of nitrogens with one attached hydrogen (secondary N) is 1. The van der Waals surface area contributed by atoms with Crippen LogP contribution in [-0.2, 0) is 10.8 Å². The second-order valence-corrected chi connectivity index (χ2v) is 6.15. The molecule has 0 amide bonds. The quantitative estimate of drug-likeness (QED) is 0.855. The third-order valence-corrected chi connectivity index (χ3v) is 5.26. The van der Waals surface area contributed by atoms with Gasteiger partial charge in [0.1, 0.15) is 0 Å². The van der Waals surface area contributed by atoms with E-state index in [0.717, 1.165) is 12.2 Å². The molecule has 0 aromatic heterocycles. The van der Waals surface area contributed by atoms with E-state index >= 15 is 0 Å². The van der Waals surface area contributed by atoms with Crippen LogP contribution < -0.4 is 5.32 Å². The molecule has 4 unspecified atom stereocenters. The van der Waals surface area contributed by atoms with Gasteiger partial charge < -0.3 is 5.32 Å². The van der Waals surface area contributed by atoms with Crippen molar-refractivity contribution in [2.24, 2.45) is 0 Å². The zero-order valence-electron chi connectivity index (χ0n) is 9.85. The lowest BCUT2D eigenvalue weighted by atomic mass is 10.0. The Bertz CT molecular complexity index is 365. The molecule has 4 atom stereocenters. The number of hydrogen-bond donors (Lipinski definition) is 1. The average Bonchev–Trinajstić information content (AvgIpc) is 2.29. The predicted molar refractivity (Wildman–Crippen MR) is 68.9 cm³/mol. The van der Waals surface area contributed by atoms with Crippen molar-refractivity contribution in [2.45, 2.75) is 37.6 Å². The number of benzene rings is 1. The molecule has 0 saturated carbocycles. The molecule has 1 N–H and O–H groups in total. The van der Waals surface area contributed by atoms with Gasteiger partial charge >= 0.3 is 0 Å². The molecule has 0 spiro atoms. The van der Waals surface area contributed by atoms with Gasteiger partial charge in [0, 0.05) is 28.6 Å². The van der Waals surface area contributed by atoms with E-state index in [4.69, 9.17) is 0 Å². The van der Waals surface area contributed by atoms with Crippen LogP contribution in [0.1, 0.15) is 31.9 Å². The first-order valence-electron chi connectivity index (χ1n) is 5.90. The molecule has 88 valence electrons. The van der Waals surface area contributed by atoms with Crippen molar-refractivity contribution in [2.75, 3.05) is 5.75 Å². The van der Waals surface area contributed by atoms with E-state index in [2.05, 4.69) is 31.3 Å². The first kappa shape index (κ1) is 11.8. The van der Waals surface area contributed by atoms with Crippen LogP contribution in [-0.4, -0.2) is 21.3 Å². The maximum absolute atomic E-state index is 12.1. The Balaban J connectivity index is 2.26. The Morgan fingerprint density at radius 1 is 1.38 bits per heavy atom. The van der Waals surface area contributed by atoms with E-state index in [1.54, 1.807) is 0 Å². The maximum Gasteiger partial charge on any atom is 0.0540 e. The molecule has 1 aliphatic heterocycles. The Hall–Kier alpha value is -0.670. The Labute approximate surface area is 99.9 Å². The van der Waals surface area contributed by atoms with Gasteiger partial charge in [-0.1, -0.05) is 37.3 Å². The normalized spacial score (nSPS) is 34.9. The molecule has 1 fully saturated rings. The van der Waals surface area contributed by atoms with Crippen LogP contribution in [0.3, 0.4) is 0 Å². The molecule has 2 nitrogen and oxygen atoms in total. The number of hydrogen-bond acceptors (Lipinski definition) is 2. The monoisotopic (exact) mass is 237 g/mol. The smallest absolute Gasteiger partial charge is 0.0540 e. The van der Waals surface area contributed by atoms with Gasteiger partial charge in [-0.25, -0.2) is 0 Å². The lowest BCUT2D eigenvalue weighted by molar-refractivity contribution is 0.430. The summed E-state index contributed by atoms with van der Waals surface area (Å²) in [6.45, 7) is 4.23. The minimum Gasteiger partial charge on any atom is -0.305 e. The van der Waals surface area contributed by atoms with E-state index in [1.165, 1.54) is 5.56 Å². The van der Waals surface area contributed by atoms with Crippen molar-refractivity contribution in [1.29, 1.82) is 0 Å². The van der Waals surface area contributed by atoms with Gasteiger partial charge in [0.15, 0.2) is 0 Å². The SMILES string of the molecule is CCC1C(c2ccccc2)NC(C)CS1=O. The maximum atomic E-state index is 12.1. The van der Waals surface area contributed by atoms with Gasteiger partial charge in [0.2, 0.25) is 0 Å². The van der Waals surface area contributed by atoms with Gasteiger partial charge in [-0.05, 0) is 18.9 Å². The fourth-order valence-corrected chi connectivity index (χ4v) is 4.12. The van der Waals surface area contributed by atoms with Crippen molar-refractivity contribution in [3.8, 4) is 0 Å². The van der Waals surface area contributed by atoms with Crippen LogP contribution in [0.2, 0.25) is 0 Å². The molecule has 3 heteroatoms. The molecular formula is C13H19NOS. The van der Waals surface area contributed by atoms with Crippen molar-refractivity contribution < 1.29 is 4.21 Å². The molecule has 0 aliphatic carbocycles. The van der Waals surface area contributed by atoms with Crippen molar-refractivity contribution in [3.63, 3.8) is 0 Å². The van der Waals surface area contributed by atoms with E-state index in [-0.39, 0.29) is 11.3 Å². The Kier molecular flexibility index (Phi) is 3.77. The summed E-state index contributed by atoms with van der Waals surface area (Å²) in [6.07, 6.45) is 0.964. The van der Waals surface area contributed by atoms with E-state index < -0.39 is 10.8 Å². The molecular weight excluding hydrogens is 218 g/mol. The fraction of sp³-hybridized carbons (Fsp3) is 0.538. The van der Waals surface area contributed by atoms with Gasteiger partial charge in [-0.3, -0.25) is 4.21 Å². The first-order valence-corrected chi connectivity index (χ1v) is 7.28. The highest BCUT2D eigenvalue weighted by Gasteiger charge is 2.33. The average molecular weight is 237 g/mol. The second kappa shape index (κ2) is 5.11. The summed E-state index contributed by atoms with van der Waals surface area (Å²) in [7, 11) is -0.701. The van der Waals surface area contributed by atoms with E-state index in [0.29, 0.717) is 6.04 Å². The Morgan fingerprint density at radius 2 is 2.06 bits per heavy atom. The van der Waals surface area contributed by atoms with Gasteiger partial charge in [0.25, 0.3) is 0 Å². The van der Waals surface area contributed by atoms with Crippen molar-refractivity contribution in [1.82, 2.24) is 5.32 Å². The molecule has 1 aliphatic rings. The predicted octanol–water partition coefficient (Wildman–Crippen LogP) is 2.25. The lowest BCUT2D eigenvalue weighted by Gasteiger charge is -2.35. The van der Waals surface area contributed by atoms with Crippen molar-refractivity contribution >= 4 is 10.8 Å². The molecule has 0 bridgehead atoms. The van der Waals surface area contributed by atoms with Crippen LogP contribution >= 0.6 is 0 Å². The minimum absolute atomic E-state index is 0.246. The summed E-state index contributed by atoms with van der Waals surface area (Å²) in [6, 6.07) is 10.9. The molecule has 2 rings (SSSR count). The van der Waals surface area contributed by atoms with Crippen LogP contribution in [0.5, 0.6) is 0 Å². The molecule has 1 aromatic carbocycles. The first-order chi connectivity index (χ1) is 7.72. The van der Waals surface area contributed by atoms with E-state index in [9.17, 15) is 4.21 Å². The zero-order valence-corrected chi connectivity index (χ0v) is 10.7. The summed E-state index contributed by atoms with van der Waals surface area (Å²) >= 11 is 0. The fourth-order valence-electron chi connectivity index (χ4n) is 2.38.